The molecule has 0 fully saturated rings. The van der Waals surface area contributed by atoms with Crippen LogP contribution in [0.1, 0.15) is 27.2 Å². The Kier molecular flexibility index (Phi) is 4.23. The zero-order chi connectivity index (χ0) is 10.6. The van der Waals surface area contributed by atoms with Gasteiger partial charge in [-0.05, 0) is 13.3 Å². The number of alkyl halides is 3. The second-order valence-electron chi connectivity index (χ2n) is 2.77. The third kappa shape index (κ3) is 3.24. The number of amides is 1. The zero-order valence-corrected chi connectivity index (χ0v) is 7.98. The highest BCUT2D eigenvalue weighted by molar-refractivity contribution is 5.73. The highest BCUT2D eigenvalue weighted by atomic mass is 19.4. The first-order valence-corrected chi connectivity index (χ1v) is 4.18. The number of hydrogen-bond acceptors (Lipinski definition) is 1. The lowest BCUT2D eigenvalue weighted by molar-refractivity contribution is -0.189. The standard InChI is InChI=1S/C8H14F3NO/c1-4-7(8(9,10)11)12(5-2)6(3)13/h7H,4-5H2,1-3H3. The first kappa shape index (κ1) is 12.3. The van der Waals surface area contributed by atoms with Gasteiger partial charge in [0, 0.05) is 13.5 Å². The summed E-state index contributed by atoms with van der Waals surface area (Å²) in [5.74, 6) is -0.535. The summed E-state index contributed by atoms with van der Waals surface area (Å²) in [5, 5.41) is 0. The highest BCUT2D eigenvalue weighted by Crippen LogP contribution is 2.26. The van der Waals surface area contributed by atoms with E-state index in [-0.39, 0.29) is 13.0 Å². The molecule has 0 radical (unpaired) electrons. The van der Waals surface area contributed by atoms with E-state index in [0.29, 0.717) is 0 Å². The van der Waals surface area contributed by atoms with E-state index in [4.69, 9.17) is 0 Å². The lowest BCUT2D eigenvalue weighted by Crippen LogP contribution is -2.47. The Balaban J connectivity index is 4.63. The number of carbonyl (C=O) groups excluding carboxylic acids is 1. The van der Waals surface area contributed by atoms with E-state index in [1.165, 1.54) is 13.8 Å². The van der Waals surface area contributed by atoms with Crippen molar-refractivity contribution >= 4 is 5.91 Å². The van der Waals surface area contributed by atoms with Gasteiger partial charge in [0.15, 0.2) is 0 Å². The third-order valence-electron chi connectivity index (χ3n) is 1.89. The Morgan fingerprint density at radius 2 is 1.85 bits per heavy atom. The molecule has 0 saturated heterocycles. The van der Waals surface area contributed by atoms with Gasteiger partial charge in [-0.15, -0.1) is 0 Å². The molecule has 0 rings (SSSR count). The van der Waals surface area contributed by atoms with E-state index in [9.17, 15) is 18.0 Å². The molecule has 0 heterocycles. The Morgan fingerprint density at radius 1 is 1.38 bits per heavy atom. The topological polar surface area (TPSA) is 20.3 Å². The molecule has 0 aliphatic carbocycles. The summed E-state index contributed by atoms with van der Waals surface area (Å²) in [7, 11) is 0. The molecule has 1 unspecified atom stereocenters. The van der Waals surface area contributed by atoms with E-state index in [2.05, 4.69) is 0 Å². The van der Waals surface area contributed by atoms with Crippen molar-refractivity contribution in [3.63, 3.8) is 0 Å². The fourth-order valence-electron chi connectivity index (χ4n) is 1.29. The van der Waals surface area contributed by atoms with Crippen LogP contribution in [0.25, 0.3) is 0 Å². The van der Waals surface area contributed by atoms with Crippen molar-refractivity contribution in [3.8, 4) is 0 Å². The molecule has 13 heavy (non-hydrogen) atoms. The minimum Gasteiger partial charge on any atom is -0.331 e. The summed E-state index contributed by atoms with van der Waals surface area (Å²) in [4.78, 5) is 11.7. The van der Waals surface area contributed by atoms with Crippen LogP contribution in [-0.2, 0) is 4.79 Å². The predicted octanol–water partition coefficient (Wildman–Crippen LogP) is 2.20. The van der Waals surface area contributed by atoms with Crippen molar-refractivity contribution in [2.45, 2.75) is 39.4 Å². The average molecular weight is 197 g/mol. The Bertz CT molecular complexity index is 179. The lowest BCUT2D eigenvalue weighted by atomic mass is 10.2. The van der Waals surface area contributed by atoms with Crippen molar-refractivity contribution in [1.82, 2.24) is 4.90 Å². The van der Waals surface area contributed by atoms with E-state index in [1.807, 2.05) is 0 Å². The van der Waals surface area contributed by atoms with Gasteiger partial charge < -0.3 is 4.90 Å². The van der Waals surface area contributed by atoms with E-state index < -0.39 is 18.1 Å². The molecule has 0 N–H and O–H groups in total. The van der Waals surface area contributed by atoms with Crippen LogP contribution in [0, 0.1) is 0 Å². The molecule has 0 aromatic rings. The second kappa shape index (κ2) is 4.48. The van der Waals surface area contributed by atoms with E-state index in [1.54, 1.807) is 0 Å². The van der Waals surface area contributed by atoms with Crippen molar-refractivity contribution in [2.75, 3.05) is 6.54 Å². The van der Waals surface area contributed by atoms with Crippen LogP contribution in [0.2, 0.25) is 0 Å². The molecule has 78 valence electrons. The molecule has 0 aliphatic rings. The molecule has 2 nitrogen and oxygen atoms in total. The maximum atomic E-state index is 12.3. The minimum atomic E-state index is -4.32. The summed E-state index contributed by atoms with van der Waals surface area (Å²) in [6.45, 7) is 4.20. The fourth-order valence-corrected chi connectivity index (χ4v) is 1.29. The molecule has 1 atom stereocenters. The maximum absolute atomic E-state index is 12.3. The molecule has 5 heteroatoms. The summed E-state index contributed by atoms with van der Waals surface area (Å²) >= 11 is 0. The smallest absolute Gasteiger partial charge is 0.331 e. The van der Waals surface area contributed by atoms with Crippen LogP contribution >= 0.6 is 0 Å². The summed E-state index contributed by atoms with van der Waals surface area (Å²) in [6, 6.07) is -1.64. The van der Waals surface area contributed by atoms with Crippen LogP contribution in [0.15, 0.2) is 0 Å². The zero-order valence-electron chi connectivity index (χ0n) is 7.98. The number of carbonyl (C=O) groups is 1. The van der Waals surface area contributed by atoms with Gasteiger partial charge in [0.2, 0.25) is 5.91 Å². The first-order valence-electron chi connectivity index (χ1n) is 4.18. The largest absolute Gasteiger partial charge is 0.408 e. The van der Waals surface area contributed by atoms with Gasteiger partial charge in [-0.25, -0.2) is 0 Å². The van der Waals surface area contributed by atoms with E-state index in [0.717, 1.165) is 11.8 Å². The molecule has 0 aliphatic heterocycles. The molecule has 0 saturated carbocycles. The summed E-state index contributed by atoms with van der Waals surface area (Å²) in [6.07, 6.45) is -4.42. The summed E-state index contributed by atoms with van der Waals surface area (Å²) in [5.41, 5.74) is 0. The molecular formula is C8H14F3NO. The average Bonchev–Trinajstić information content (AvgIpc) is 1.96. The molecule has 0 aromatic carbocycles. The lowest BCUT2D eigenvalue weighted by Gasteiger charge is -2.30. The van der Waals surface area contributed by atoms with Crippen molar-refractivity contribution < 1.29 is 18.0 Å². The summed E-state index contributed by atoms with van der Waals surface area (Å²) < 4.78 is 37.0. The van der Waals surface area contributed by atoms with Crippen molar-refractivity contribution in [1.29, 1.82) is 0 Å². The maximum Gasteiger partial charge on any atom is 0.408 e. The van der Waals surface area contributed by atoms with Gasteiger partial charge in [-0.3, -0.25) is 4.79 Å². The monoisotopic (exact) mass is 197 g/mol. The SMILES string of the molecule is CCC(N(CC)C(C)=O)C(F)(F)F. The van der Waals surface area contributed by atoms with Crippen LogP contribution in [0.5, 0.6) is 0 Å². The molecule has 1 amide bonds. The second-order valence-corrected chi connectivity index (χ2v) is 2.77. The van der Waals surface area contributed by atoms with Gasteiger partial charge in [0.25, 0.3) is 0 Å². The number of halogens is 3. The number of nitrogens with zero attached hydrogens (tertiary/aromatic N) is 1. The number of rotatable bonds is 3. The van der Waals surface area contributed by atoms with Gasteiger partial charge in [-0.2, -0.15) is 13.2 Å². The Labute approximate surface area is 75.7 Å². The third-order valence-corrected chi connectivity index (χ3v) is 1.89. The van der Waals surface area contributed by atoms with Gasteiger partial charge in [-0.1, -0.05) is 6.92 Å². The van der Waals surface area contributed by atoms with Crippen LogP contribution < -0.4 is 0 Å². The van der Waals surface area contributed by atoms with Gasteiger partial charge >= 0.3 is 6.18 Å². The van der Waals surface area contributed by atoms with Crippen LogP contribution in [0.4, 0.5) is 13.2 Å². The normalized spacial score (nSPS) is 14.0. The highest BCUT2D eigenvalue weighted by Gasteiger charge is 2.42. The predicted molar refractivity (Wildman–Crippen MR) is 43.2 cm³/mol. The Morgan fingerprint density at radius 3 is 1.92 bits per heavy atom. The van der Waals surface area contributed by atoms with Gasteiger partial charge in [0.1, 0.15) is 6.04 Å². The van der Waals surface area contributed by atoms with Gasteiger partial charge in [0.05, 0.1) is 0 Å². The van der Waals surface area contributed by atoms with Crippen LogP contribution in [-0.4, -0.2) is 29.6 Å². The first-order chi connectivity index (χ1) is 5.84. The van der Waals surface area contributed by atoms with Crippen LogP contribution in [0.3, 0.4) is 0 Å². The Hall–Kier alpha value is -0.740. The number of hydrogen-bond donors (Lipinski definition) is 0. The molecule has 0 spiro atoms. The molecule has 0 bridgehead atoms. The molecule has 0 aromatic heterocycles. The fraction of sp³-hybridized carbons (Fsp3) is 0.875. The molecular weight excluding hydrogens is 183 g/mol. The van der Waals surface area contributed by atoms with Crippen molar-refractivity contribution in [2.24, 2.45) is 0 Å². The minimum absolute atomic E-state index is 0.0906. The van der Waals surface area contributed by atoms with Crippen molar-refractivity contribution in [3.05, 3.63) is 0 Å². The quantitative estimate of drug-likeness (QED) is 0.679. The van der Waals surface area contributed by atoms with E-state index >= 15 is 0 Å².